The fraction of sp³-hybridized carbons (Fsp3) is 0.923. The van der Waals surface area contributed by atoms with Crippen molar-refractivity contribution >= 4 is 5.91 Å². The number of carbonyl (C=O) groups is 1. The van der Waals surface area contributed by atoms with Crippen molar-refractivity contribution in [1.82, 2.24) is 15.5 Å². The molecular formula is C13H25N3O3. The summed E-state index contributed by atoms with van der Waals surface area (Å²) in [6.45, 7) is 5.11. The largest absolute Gasteiger partial charge is 0.390 e. The number of hydrogen-bond donors (Lipinski definition) is 3. The van der Waals surface area contributed by atoms with Gasteiger partial charge in [0.15, 0.2) is 0 Å². The van der Waals surface area contributed by atoms with Gasteiger partial charge in [-0.1, -0.05) is 0 Å². The standard InChI is InChI=1S/C13H25N3O3/c17-12(10-16-5-7-19-8-6-16)9-14-4-3-13(18)15-11-1-2-11/h11-12,14,17H,1-10H2,(H,15,18). The van der Waals surface area contributed by atoms with Crippen LogP contribution in [0.5, 0.6) is 0 Å². The van der Waals surface area contributed by atoms with Crippen molar-refractivity contribution in [3.05, 3.63) is 0 Å². The minimum Gasteiger partial charge on any atom is -0.390 e. The zero-order chi connectivity index (χ0) is 13.5. The van der Waals surface area contributed by atoms with Crippen LogP contribution in [-0.2, 0) is 9.53 Å². The smallest absolute Gasteiger partial charge is 0.221 e. The number of morpholine rings is 1. The summed E-state index contributed by atoms with van der Waals surface area (Å²) in [7, 11) is 0. The number of nitrogens with zero attached hydrogens (tertiary/aromatic N) is 1. The Kier molecular flexibility index (Phi) is 6.03. The first-order valence-electron chi connectivity index (χ1n) is 7.22. The molecule has 1 aliphatic heterocycles. The maximum absolute atomic E-state index is 11.4. The van der Waals surface area contributed by atoms with Crippen molar-refractivity contribution in [2.24, 2.45) is 0 Å². The first-order valence-corrected chi connectivity index (χ1v) is 7.22. The molecule has 110 valence electrons. The number of hydrogen-bond acceptors (Lipinski definition) is 5. The van der Waals surface area contributed by atoms with Gasteiger partial charge in [-0.3, -0.25) is 9.69 Å². The van der Waals surface area contributed by atoms with Crippen LogP contribution < -0.4 is 10.6 Å². The highest BCUT2D eigenvalue weighted by Crippen LogP contribution is 2.18. The lowest BCUT2D eigenvalue weighted by molar-refractivity contribution is -0.121. The molecule has 1 saturated heterocycles. The highest BCUT2D eigenvalue weighted by molar-refractivity contribution is 5.76. The van der Waals surface area contributed by atoms with Crippen molar-refractivity contribution in [1.29, 1.82) is 0 Å². The highest BCUT2D eigenvalue weighted by atomic mass is 16.5. The van der Waals surface area contributed by atoms with Crippen molar-refractivity contribution in [2.75, 3.05) is 45.9 Å². The van der Waals surface area contributed by atoms with E-state index in [4.69, 9.17) is 4.74 Å². The van der Waals surface area contributed by atoms with Crippen LogP contribution in [-0.4, -0.2) is 74.0 Å². The molecular weight excluding hydrogens is 246 g/mol. The molecule has 1 heterocycles. The lowest BCUT2D eigenvalue weighted by atomic mass is 10.3. The fourth-order valence-electron chi connectivity index (χ4n) is 2.14. The van der Waals surface area contributed by atoms with Gasteiger partial charge in [0.1, 0.15) is 0 Å². The van der Waals surface area contributed by atoms with E-state index in [-0.39, 0.29) is 12.0 Å². The Morgan fingerprint density at radius 3 is 2.79 bits per heavy atom. The van der Waals surface area contributed by atoms with Crippen LogP contribution in [0.1, 0.15) is 19.3 Å². The SMILES string of the molecule is O=C(CCNCC(O)CN1CCOCC1)NC1CC1. The Hall–Kier alpha value is -0.690. The lowest BCUT2D eigenvalue weighted by Gasteiger charge is -2.28. The number of carbonyl (C=O) groups excluding carboxylic acids is 1. The fourth-order valence-corrected chi connectivity index (χ4v) is 2.14. The lowest BCUT2D eigenvalue weighted by Crippen LogP contribution is -2.44. The third-order valence-electron chi connectivity index (χ3n) is 3.42. The van der Waals surface area contributed by atoms with Crippen molar-refractivity contribution in [3.8, 4) is 0 Å². The Labute approximate surface area is 114 Å². The normalized spacial score (nSPS) is 22.2. The van der Waals surface area contributed by atoms with Crippen LogP contribution >= 0.6 is 0 Å². The van der Waals surface area contributed by atoms with Crippen molar-refractivity contribution in [3.63, 3.8) is 0 Å². The number of aliphatic hydroxyl groups excluding tert-OH is 1. The number of aliphatic hydroxyl groups is 1. The molecule has 0 aromatic carbocycles. The summed E-state index contributed by atoms with van der Waals surface area (Å²) < 4.78 is 5.26. The van der Waals surface area contributed by atoms with Gasteiger partial charge in [0, 0.05) is 45.2 Å². The molecule has 0 aromatic rings. The van der Waals surface area contributed by atoms with Crippen LogP contribution in [0, 0.1) is 0 Å². The Balaban J connectivity index is 1.46. The summed E-state index contributed by atoms with van der Waals surface area (Å²) in [5, 5.41) is 16.0. The van der Waals surface area contributed by atoms with Crippen LogP contribution in [0.2, 0.25) is 0 Å². The molecule has 1 atom stereocenters. The molecule has 1 aliphatic carbocycles. The molecule has 1 amide bonds. The second-order valence-electron chi connectivity index (χ2n) is 5.36. The second-order valence-corrected chi connectivity index (χ2v) is 5.36. The quantitative estimate of drug-likeness (QED) is 0.491. The van der Waals surface area contributed by atoms with E-state index in [1.165, 1.54) is 0 Å². The van der Waals surface area contributed by atoms with Gasteiger partial charge in [0.2, 0.25) is 5.91 Å². The van der Waals surface area contributed by atoms with E-state index in [0.717, 1.165) is 39.1 Å². The van der Waals surface area contributed by atoms with E-state index in [9.17, 15) is 9.90 Å². The number of ether oxygens (including phenoxy) is 1. The molecule has 2 rings (SSSR count). The molecule has 0 spiro atoms. The van der Waals surface area contributed by atoms with E-state index in [1.807, 2.05) is 0 Å². The monoisotopic (exact) mass is 271 g/mol. The van der Waals surface area contributed by atoms with E-state index < -0.39 is 0 Å². The number of β-amino-alcohol motifs (C(OH)–C–C–N with tert-alkyl or cyclic N) is 1. The Morgan fingerprint density at radius 1 is 1.37 bits per heavy atom. The van der Waals surface area contributed by atoms with E-state index in [2.05, 4.69) is 15.5 Å². The second kappa shape index (κ2) is 7.79. The Morgan fingerprint density at radius 2 is 2.11 bits per heavy atom. The molecule has 6 heteroatoms. The third-order valence-corrected chi connectivity index (χ3v) is 3.42. The molecule has 3 N–H and O–H groups in total. The third kappa shape index (κ3) is 6.33. The summed E-state index contributed by atoms with van der Waals surface area (Å²) in [6, 6.07) is 0.430. The molecule has 2 aliphatic rings. The summed E-state index contributed by atoms with van der Waals surface area (Å²) >= 11 is 0. The van der Waals surface area contributed by atoms with Gasteiger partial charge in [-0.05, 0) is 12.8 Å². The van der Waals surface area contributed by atoms with Crippen molar-refractivity contribution < 1.29 is 14.6 Å². The molecule has 19 heavy (non-hydrogen) atoms. The minimum absolute atomic E-state index is 0.109. The molecule has 0 aromatic heterocycles. The molecule has 0 bridgehead atoms. The van der Waals surface area contributed by atoms with Gasteiger partial charge >= 0.3 is 0 Å². The average Bonchev–Trinajstić information content (AvgIpc) is 3.20. The van der Waals surface area contributed by atoms with Gasteiger partial charge in [-0.25, -0.2) is 0 Å². The average molecular weight is 271 g/mol. The van der Waals surface area contributed by atoms with Gasteiger partial charge in [0.25, 0.3) is 0 Å². The van der Waals surface area contributed by atoms with Gasteiger partial charge < -0.3 is 20.5 Å². The topological polar surface area (TPSA) is 73.8 Å². The predicted molar refractivity (Wildman–Crippen MR) is 71.9 cm³/mol. The summed E-state index contributed by atoms with van der Waals surface area (Å²) in [6.07, 6.45) is 2.35. The molecule has 1 saturated carbocycles. The number of rotatable bonds is 8. The van der Waals surface area contributed by atoms with Gasteiger partial charge in [-0.15, -0.1) is 0 Å². The number of amides is 1. The van der Waals surface area contributed by atoms with Gasteiger partial charge in [0.05, 0.1) is 19.3 Å². The number of nitrogens with one attached hydrogen (secondary N) is 2. The van der Waals surface area contributed by atoms with Gasteiger partial charge in [-0.2, -0.15) is 0 Å². The van der Waals surface area contributed by atoms with Crippen LogP contribution in [0.3, 0.4) is 0 Å². The maximum Gasteiger partial charge on any atom is 0.221 e. The predicted octanol–water partition coefficient (Wildman–Crippen LogP) is -1.06. The molecule has 2 fully saturated rings. The van der Waals surface area contributed by atoms with Crippen molar-refractivity contribution in [2.45, 2.75) is 31.4 Å². The zero-order valence-electron chi connectivity index (χ0n) is 11.4. The maximum atomic E-state index is 11.4. The molecule has 6 nitrogen and oxygen atoms in total. The summed E-state index contributed by atoms with van der Waals surface area (Å²) in [5.74, 6) is 0.109. The first kappa shape index (κ1) is 14.7. The summed E-state index contributed by atoms with van der Waals surface area (Å²) in [5.41, 5.74) is 0. The molecule has 0 radical (unpaired) electrons. The first-order chi connectivity index (χ1) is 9.24. The summed E-state index contributed by atoms with van der Waals surface area (Å²) in [4.78, 5) is 13.6. The Bertz CT molecular complexity index is 278. The van der Waals surface area contributed by atoms with Crippen LogP contribution in [0.4, 0.5) is 0 Å². The van der Waals surface area contributed by atoms with E-state index >= 15 is 0 Å². The van der Waals surface area contributed by atoms with E-state index in [1.54, 1.807) is 0 Å². The van der Waals surface area contributed by atoms with Crippen LogP contribution in [0.15, 0.2) is 0 Å². The highest BCUT2D eigenvalue weighted by Gasteiger charge is 2.22. The molecule has 1 unspecified atom stereocenters. The van der Waals surface area contributed by atoms with E-state index in [0.29, 0.717) is 32.1 Å². The van der Waals surface area contributed by atoms with Crippen LogP contribution in [0.25, 0.3) is 0 Å². The minimum atomic E-state index is -0.385. The zero-order valence-corrected chi connectivity index (χ0v) is 11.4.